The number of amides is 1. The molecule has 0 spiro atoms. The van der Waals surface area contributed by atoms with Crippen molar-refractivity contribution in [2.75, 3.05) is 46.7 Å². The molecule has 9 heteroatoms. The number of aliphatic hydroxyl groups is 1. The van der Waals surface area contributed by atoms with Gasteiger partial charge in [0.1, 0.15) is 11.4 Å². The lowest BCUT2D eigenvalue weighted by Crippen LogP contribution is -2.35. The molecule has 0 saturated carbocycles. The lowest BCUT2D eigenvalue weighted by atomic mass is 10.1. The Morgan fingerprint density at radius 2 is 1.97 bits per heavy atom. The fourth-order valence-corrected chi connectivity index (χ4v) is 5.08. The van der Waals surface area contributed by atoms with Crippen LogP contribution in [-0.2, 0) is 4.79 Å². The minimum absolute atomic E-state index is 0.0111. The Morgan fingerprint density at radius 1 is 1.18 bits per heavy atom. The Labute approximate surface area is 200 Å². The van der Waals surface area contributed by atoms with Gasteiger partial charge in [0.15, 0.2) is 5.82 Å². The zero-order valence-electron chi connectivity index (χ0n) is 20.2. The molecule has 2 fully saturated rings. The van der Waals surface area contributed by atoms with Gasteiger partial charge in [0.05, 0.1) is 24.1 Å². The lowest BCUT2D eigenvalue weighted by Gasteiger charge is -2.32. The molecular formula is C25H34N6O3. The van der Waals surface area contributed by atoms with Crippen LogP contribution in [0.5, 0.6) is 5.75 Å². The topological polar surface area (TPSA) is 94.1 Å². The van der Waals surface area contributed by atoms with Crippen molar-refractivity contribution in [3.63, 3.8) is 0 Å². The molecule has 1 aromatic heterocycles. The van der Waals surface area contributed by atoms with Gasteiger partial charge in [0.2, 0.25) is 11.9 Å². The van der Waals surface area contributed by atoms with Gasteiger partial charge in [0.25, 0.3) is 0 Å². The molecule has 1 unspecified atom stereocenters. The smallest absolute Gasteiger partial charge is 0.229 e. The Balaban J connectivity index is 1.44. The summed E-state index contributed by atoms with van der Waals surface area (Å²) in [5, 5.41) is 13.2. The van der Waals surface area contributed by atoms with Gasteiger partial charge in [-0.2, -0.15) is 4.98 Å². The van der Waals surface area contributed by atoms with Crippen molar-refractivity contribution >= 4 is 34.7 Å². The molecule has 182 valence electrons. The number of piperidine rings is 1. The number of hydrogen-bond donors (Lipinski definition) is 2. The zero-order valence-corrected chi connectivity index (χ0v) is 20.2. The van der Waals surface area contributed by atoms with Crippen molar-refractivity contribution in [2.45, 2.75) is 64.2 Å². The van der Waals surface area contributed by atoms with E-state index in [1.165, 1.54) is 0 Å². The van der Waals surface area contributed by atoms with Crippen LogP contribution >= 0.6 is 0 Å². The summed E-state index contributed by atoms with van der Waals surface area (Å²) in [7, 11) is 1.80. The molecule has 2 N–H and O–H groups in total. The number of rotatable bonds is 5. The Morgan fingerprint density at radius 3 is 2.74 bits per heavy atom. The summed E-state index contributed by atoms with van der Waals surface area (Å²) in [6, 6.07) is 6.31. The highest BCUT2D eigenvalue weighted by Gasteiger charge is 2.35. The van der Waals surface area contributed by atoms with Crippen molar-refractivity contribution in [1.29, 1.82) is 0 Å². The molecule has 4 heterocycles. The molecule has 3 aliphatic heterocycles. The molecule has 1 amide bonds. The van der Waals surface area contributed by atoms with Crippen molar-refractivity contribution in [3.8, 4) is 5.75 Å². The van der Waals surface area contributed by atoms with E-state index in [1.54, 1.807) is 18.1 Å². The van der Waals surface area contributed by atoms with Gasteiger partial charge in [0, 0.05) is 50.9 Å². The predicted molar refractivity (Wildman–Crippen MR) is 133 cm³/mol. The highest BCUT2D eigenvalue weighted by atomic mass is 16.5. The van der Waals surface area contributed by atoms with Gasteiger partial charge in [-0.05, 0) is 51.7 Å². The summed E-state index contributed by atoms with van der Waals surface area (Å²) in [5.74, 6) is 2.13. The molecule has 9 nitrogen and oxygen atoms in total. The Hall–Kier alpha value is -3.07. The number of aliphatic hydroxyl groups excluding tert-OH is 1. The van der Waals surface area contributed by atoms with Gasteiger partial charge < -0.3 is 29.9 Å². The van der Waals surface area contributed by atoms with E-state index in [2.05, 4.69) is 26.2 Å². The number of benzene rings is 1. The van der Waals surface area contributed by atoms with Crippen molar-refractivity contribution < 1.29 is 14.6 Å². The third-order valence-corrected chi connectivity index (χ3v) is 6.95. The number of aromatic nitrogens is 2. The number of nitrogens with one attached hydrogen (secondary N) is 1. The highest BCUT2D eigenvalue weighted by molar-refractivity contribution is 5.97. The first kappa shape index (κ1) is 22.7. The quantitative estimate of drug-likeness (QED) is 0.693. The standard InChI is InChI=1S/C25H34N6O3/c1-16(2)34-22-13-17(30-11-8-19(32)9-12-30)6-7-20(22)27-25-26-15-21-24(28-25)31-10-4-5-18(31)14-23(33)29(21)3/h6-7,13,15-16,18-19,32H,4-5,8-12,14H2,1-3H3,(H,26,27,28). The first-order valence-electron chi connectivity index (χ1n) is 12.3. The van der Waals surface area contributed by atoms with Crippen molar-refractivity contribution in [1.82, 2.24) is 9.97 Å². The number of hydrogen-bond acceptors (Lipinski definition) is 8. The Bertz CT molecular complexity index is 1050. The second-order valence-corrected chi connectivity index (χ2v) is 9.74. The molecule has 0 aliphatic carbocycles. The number of nitrogens with zero attached hydrogens (tertiary/aromatic N) is 5. The average Bonchev–Trinajstić information content (AvgIpc) is 3.24. The SMILES string of the molecule is CC(C)Oc1cc(N2CCC(O)CC2)ccc1Nc1ncc2c(n1)N1CCCC1CC(=O)N2C. The van der Waals surface area contributed by atoms with Crippen molar-refractivity contribution in [2.24, 2.45) is 0 Å². The van der Waals surface area contributed by atoms with E-state index in [0.29, 0.717) is 12.4 Å². The van der Waals surface area contributed by atoms with E-state index >= 15 is 0 Å². The zero-order chi connectivity index (χ0) is 23.8. The maximum absolute atomic E-state index is 12.6. The number of carbonyl (C=O) groups is 1. The van der Waals surface area contributed by atoms with Gasteiger partial charge in [-0.15, -0.1) is 0 Å². The first-order valence-corrected chi connectivity index (χ1v) is 12.3. The number of anilines is 5. The minimum Gasteiger partial charge on any atom is -0.489 e. The van der Waals surface area contributed by atoms with Gasteiger partial charge in [-0.1, -0.05) is 0 Å². The minimum atomic E-state index is -0.210. The molecule has 0 radical (unpaired) electrons. The van der Waals surface area contributed by atoms with Crippen LogP contribution in [0.4, 0.5) is 28.8 Å². The second-order valence-electron chi connectivity index (χ2n) is 9.74. The number of fused-ring (bicyclic) bond motifs is 3. The fourth-order valence-electron chi connectivity index (χ4n) is 5.08. The van der Waals surface area contributed by atoms with Crippen LogP contribution in [0.2, 0.25) is 0 Å². The molecule has 34 heavy (non-hydrogen) atoms. The van der Waals surface area contributed by atoms with E-state index in [0.717, 1.165) is 73.9 Å². The highest BCUT2D eigenvalue weighted by Crippen LogP contribution is 2.38. The van der Waals surface area contributed by atoms with Gasteiger partial charge in [-0.25, -0.2) is 4.98 Å². The molecule has 5 rings (SSSR count). The molecule has 2 aromatic rings. The maximum atomic E-state index is 12.6. The van der Waals surface area contributed by atoms with Crippen LogP contribution in [0.1, 0.15) is 46.0 Å². The molecule has 2 saturated heterocycles. The molecular weight excluding hydrogens is 432 g/mol. The largest absolute Gasteiger partial charge is 0.489 e. The molecule has 0 bridgehead atoms. The maximum Gasteiger partial charge on any atom is 0.229 e. The summed E-state index contributed by atoms with van der Waals surface area (Å²) >= 11 is 0. The summed E-state index contributed by atoms with van der Waals surface area (Å²) in [5.41, 5.74) is 2.63. The third kappa shape index (κ3) is 4.49. The second kappa shape index (κ2) is 9.29. The third-order valence-electron chi connectivity index (χ3n) is 6.95. The van der Waals surface area contributed by atoms with Crippen LogP contribution in [0.25, 0.3) is 0 Å². The van der Waals surface area contributed by atoms with Crippen LogP contribution < -0.4 is 24.8 Å². The van der Waals surface area contributed by atoms with E-state index in [-0.39, 0.29) is 24.2 Å². The van der Waals surface area contributed by atoms with E-state index in [9.17, 15) is 9.90 Å². The monoisotopic (exact) mass is 466 g/mol. The average molecular weight is 467 g/mol. The summed E-state index contributed by atoms with van der Waals surface area (Å²) < 4.78 is 6.15. The predicted octanol–water partition coefficient (Wildman–Crippen LogP) is 3.30. The van der Waals surface area contributed by atoms with Gasteiger partial charge in [-0.3, -0.25) is 4.79 Å². The summed E-state index contributed by atoms with van der Waals surface area (Å²) in [4.78, 5) is 28.2. The number of carbonyl (C=O) groups excluding carboxylic acids is 1. The molecule has 1 atom stereocenters. The van der Waals surface area contributed by atoms with Crippen LogP contribution in [0, 0.1) is 0 Å². The first-order chi connectivity index (χ1) is 16.4. The van der Waals surface area contributed by atoms with Gasteiger partial charge >= 0.3 is 0 Å². The normalized spacial score (nSPS) is 20.9. The Kier molecular flexibility index (Phi) is 6.20. The van der Waals surface area contributed by atoms with E-state index < -0.39 is 0 Å². The summed E-state index contributed by atoms with van der Waals surface area (Å²) in [6.07, 6.45) is 5.67. The summed E-state index contributed by atoms with van der Waals surface area (Å²) in [6.45, 7) is 6.56. The van der Waals surface area contributed by atoms with Crippen molar-refractivity contribution in [3.05, 3.63) is 24.4 Å². The number of ether oxygens (including phenoxy) is 1. The molecule has 1 aromatic carbocycles. The van der Waals surface area contributed by atoms with Crippen LogP contribution in [0.15, 0.2) is 24.4 Å². The van der Waals surface area contributed by atoms with E-state index in [1.807, 2.05) is 26.0 Å². The fraction of sp³-hybridized carbons (Fsp3) is 0.560. The lowest BCUT2D eigenvalue weighted by molar-refractivity contribution is -0.118. The molecule has 3 aliphatic rings. The van der Waals surface area contributed by atoms with E-state index in [4.69, 9.17) is 9.72 Å². The van der Waals surface area contributed by atoms with Crippen LogP contribution in [-0.4, -0.2) is 65.9 Å². The van der Waals surface area contributed by atoms with Crippen LogP contribution in [0.3, 0.4) is 0 Å².